The zero-order chi connectivity index (χ0) is 14.7. The van der Waals surface area contributed by atoms with Gasteiger partial charge in [0.15, 0.2) is 0 Å². The quantitative estimate of drug-likeness (QED) is 0.908. The van der Waals surface area contributed by atoms with Crippen LogP contribution in [0.4, 0.5) is 0 Å². The van der Waals surface area contributed by atoms with E-state index in [9.17, 15) is 0 Å². The van der Waals surface area contributed by atoms with Crippen molar-refractivity contribution >= 4 is 0 Å². The predicted molar refractivity (Wildman–Crippen MR) is 84.6 cm³/mol. The monoisotopic (exact) mass is 271 g/mol. The van der Waals surface area contributed by atoms with Gasteiger partial charge in [0, 0.05) is 5.69 Å². The summed E-state index contributed by atoms with van der Waals surface area (Å²) in [6.07, 6.45) is 2.85. The smallest absolute Gasteiger partial charge is 0.0661 e. The first-order valence-electron chi connectivity index (χ1n) is 7.49. The fourth-order valence-electron chi connectivity index (χ4n) is 2.90. The van der Waals surface area contributed by atoms with Gasteiger partial charge in [-0.25, -0.2) is 4.68 Å². The van der Waals surface area contributed by atoms with Gasteiger partial charge in [-0.2, -0.15) is 5.10 Å². The normalized spacial score (nSPS) is 11.1. The molecular formula is C17H25N3. The average molecular weight is 271 g/mol. The number of rotatable bonds is 5. The van der Waals surface area contributed by atoms with Crippen molar-refractivity contribution in [2.45, 2.75) is 47.0 Å². The maximum atomic E-state index is 5.77. The average Bonchev–Trinajstić information content (AvgIpc) is 2.76. The van der Waals surface area contributed by atoms with Crippen LogP contribution < -0.4 is 5.73 Å². The minimum atomic E-state index is 0.679. The Labute approximate surface area is 121 Å². The third-order valence-electron chi connectivity index (χ3n) is 3.69. The Balaban J connectivity index is 2.60. The second kappa shape index (κ2) is 6.23. The number of hydrogen-bond donors (Lipinski definition) is 1. The Morgan fingerprint density at radius 2 is 1.70 bits per heavy atom. The van der Waals surface area contributed by atoms with Gasteiger partial charge in [0.05, 0.1) is 11.4 Å². The summed E-state index contributed by atoms with van der Waals surface area (Å²) >= 11 is 0. The van der Waals surface area contributed by atoms with Crippen molar-refractivity contribution in [1.29, 1.82) is 0 Å². The lowest BCUT2D eigenvalue weighted by Gasteiger charge is -2.09. The molecule has 0 aliphatic heterocycles. The zero-order valence-electron chi connectivity index (χ0n) is 13.0. The molecule has 1 heterocycles. The molecule has 2 aromatic rings. The second-order valence-electron chi connectivity index (χ2n) is 5.38. The van der Waals surface area contributed by atoms with E-state index in [1.807, 2.05) is 0 Å². The van der Waals surface area contributed by atoms with Crippen molar-refractivity contribution in [2.24, 2.45) is 5.73 Å². The van der Waals surface area contributed by atoms with E-state index >= 15 is 0 Å². The lowest BCUT2D eigenvalue weighted by Crippen LogP contribution is -2.07. The maximum Gasteiger partial charge on any atom is 0.0661 e. The summed E-state index contributed by atoms with van der Waals surface area (Å²) in [6, 6.07) is 6.59. The maximum absolute atomic E-state index is 5.77. The highest BCUT2D eigenvalue weighted by atomic mass is 15.3. The van der Waals surface area contributed by atoms with Crippen LogP contribution in [0.25, 0.3) is 5.69 Å². The number of hydrogen-bond acceptors (Lipinski definition) is 2. The topological polar surface area (TPSA) is 43.8 Å². The highest BCUT2D eigenvalue weighted by Crippen LogP contribution is 2.22. The van der Waals surface area contributed by atoms with Gasteiger partial charge >= 0.3 is 0 Å². The predicted octanol–water partition coefficient (Wildman–Crippen LogP) is 3.12. The van der Waals surface area contributed by atoms with Crippen molar-refractivity contribution in [3.05, 3.63) is 46.3 Å². The molecule has 0 radical (unpaired) electrons. The molecule has 0 saturated heterocycles. The molecule has 3 nitrogen and oxygen atoms in total. The molecule has 0 saturated carbocycles. The number of nitrogens with zero attached hydrogens (tertiary/aromatic N) is 2. The van der Waals surface area contributed by atoms with Crippen LogP contribution in [-0.4, -0.2) is 16.3 Å². The summed E-state index contributed by atoms with van der Waals surface area (Å²) in [5.41, 5.74) is 13.3. The van der Waals surface area contributed by atoms with Gasteiger partial charge in [0.2, 0.25) is 0 Å². The zero-order valence-corrected chi connectivity index (χ0v) is 13.0. The van der Waals surface area contributed by atoms with Crippen LogP contribution in [-0.2, 0) is 19.3 Å². The van der Waals surface area contributed by atoms with Crippen LogP contribution >= 0.6 is 0 Å². The highest BCUT2D eigenvalue weighted by molar-refractivity contribution is 5.42. The molecule has 0 amide bonds. The van der Waals surface area contributed by atoms with Crippen LogP contribution in [0.5, 0.6) is 0 Å². The first kappa shape index (κ1) is 14.8. The van der Waals surface area contributed by atoms with E-state index in [1.54, 1.807) is 0 Å². The fourth-order valence-corrected chi connectivity index (χ4v) is 2.90. The fraction of sp³-hybridized carbons (Fsp3) is 0.471. The van der Waals surface area contributed by atoms with Crippen LogP contribution in [0.3, 0.4) is 0 Å². The van der Waals surface area contributed by atoms with Gasteiger partial charge in [-0.1, -0.05) is 19.9 Å². The molecule has 3 heteroatoms. The lowest BCUT2D eigenvalue weighted by atomic mass is 10.1. The second-order valence-corrected chi connectivity index (χ2v) is 5.38. The Bertz CT molecular complexity index is 576. The minimum absolute atomic E-state index is 0.679. The third kappa shape index (κ3) is 2.78. The molecule has 0 aliphatic carbocycles. The largest absolute Gasteiger partial charge is 0.330 e. The van der Waals surface area contributed by atoms with Gasteiger partial charge < -0.3 is 5.73 Å². The van der Waals surface area contributed by atoms with Crippen molar-refractivity contribution in [1.82, 2.24) is 9.78 Å². The summed E-state index contributed by atoms with van der Waals surface area (Å²) in [5.74, 6) is 0. The third-order valence-corrected chi connectivity index (χ3v) is 3.69. The van der Waals surface area contributed by atoms with Crippen molar-refractivity contribution in [3.63, 3.8) is 0 Å². The van der Waals surface area contributed by atoms with Gasteiger partial charge in [0.25, 0.3) is 0 Å². The lowest BCUT2D eigenvalue weighted by molar-refractivity contribution is 0.791. The summed E-state index contributed by atoms with van der Waals surface area (Å²) in [6.45, 7) is 9.29. The number of aromatic nitrogens is 2. The molecular weight excluding hydrogens is 246 g/mol. The summed E-state index contributed by atoms with van der Waals surface area (Å²) in [5, 5.41) is 4.83. The van der Waals surface area contributed by atoms with Crippen molar-refractivity contribution < 1.29 is 0 Å². The molecule has 0 unspecified atom stereocenters. The molecule has 0 bridgehead atoms. The first-order chi connectivity index (χ1) is 9.60. The molecule has 0 fully saturated rings. The molecule has 20 heavy (non-hydrogen) atoms. The molecule has 2 N–H and O–H groups in total. The number of benzene rings is 1. The Morgan fingerprint density at radius 3 is 2.20 bits per heavy atom. The van der Waals surface area contributed by atoms with Gasteiger partial charge in [-0.3, -0.25) is 0 Å². The molecule has 0 spiro atoms. The number of nitrogens with two attached hydrogens (primary N) is 1. The van der Waals surface area contributed by atoms with Crippen LogP contribution in [0.1, 0.15) is 41.9 Å². The van der Waals surface area contributed by atoms with Gasteiger partial charge in [0.1, 0.15) is 0 Å². The van der Waals surface area contributed by atoms with E-state index in [0.29, 0.717) is 6.54 Å². The first-order valence-corrected chi connectivity index (χ1v) is 7.49. The Kier molecular flexibility index (Phi) is 4.61. The molecule has 1 aromatic carbocycles. The Morgan fingerprint density at radius 1 is 1.05 bits per heavy atom. The standard InChI is InChI=1S/C17H25N3/c1-5-16-15(7-8-18)17(6-2)20(19-16)14-10-12(3)9-13(4)11-14/h9-11H,5-8,18H2,1-4H3. The van der Waals surface area contributed by atoms with E-state index < -0.39 is 0 Å². The van der Waals surface area contributed by atoms with Crippen LogP contribution in [0.15, 0.2) is 18.2 Å². The van der Waals surface area contributed by atoms with E-state index in [-0.39, 0.29) is 0 Å². The van der Waals surface area contributed by atoms with Gasteiger partial charge in [-0.15, -0.1) is 0 Å². The van der Waals surface area contributed by atoms with E-state index in [4.69, 9.17) is 10.8 Å². The van der Waals surface area contributed by atoms with E-state index in [1.165, 1.54) is 28.1 Å². The van der Waals surface area contributed by atoms with Crippen molar-refractivity contribution in [3.8, 4) is 5.69 Å². The van der Waals surface area contributed by atoms with E-state index in [2.05, 4.69) is 50.6 Å². The van der Waals surface area contributed by atoms with Crippen LogP contribution in [0, 0.1) is 13.8 Å². The highest BCUT2D eigenvalue weighted by Gasteiger charge is 2.16. The molecule has 1 aromatic heterocycles. The van der Waals surface area contributed by atoms with Crippen LogP contribution in [0.2, 0.25) is 0 Å². The molecule has 0 aliphatic rings. The minimum Gasteiger partial charge on any atom is -0.330 e. The SMILES string of the molecule is CCc1nn(-c2cc(C)cc(C)c2)c(CC)c1CCN. The summed E-state index contributed by atoms with van der Waals surface area (Å²) in [4.78, 5) is 0. The molecule has 2 rings (SSSR count). The molecule has 0 atom stereocenters. The van der Waals surface area contributed by atoms with E-state index in [0.717, 1.165) is 24.9 Å². The Hall–Kier alpha value is -1.61. The number of aryl methyl sites for hydroxylation is 3. The van der Waals surface area contributed by atoms with Gasteiger partial charge in [-0.05, 0) is 68.5 Å². The summed E-state index contributed by atoms with van der Waals surface area (Å²) < 4.78 is 2.11. The summed E-state index contributed by atoms with van der Waals surface area (Å²) in [7, 11) is 0. The molecule has 108 valence electrons. The van der Waals surface area contributed by atoms with Crippen molar-refractivity contribution in [2.75, 3.05) is 6.54 Å².